The molecule has 1 atom stereocenters. The third-order valence-corrected chi connectivity index (χ3v) is 3.28. The Morgan fingerprint density at radius 2 is 2.33 bits per heavy atom. The summed E-state index contributed by atoms with van der Waals surface area (Å²) in [7, 11) is 0. The summed E-state index contributed by atoms with van der Waals surface area (Å²) in [6, 6.07) is 6.64. The van der Waals surface area contributed by atoms with Crippen LogP contribution in [0.25, 0.3) is 0 Å². The first kappa shape index (κ1) is 13.1. The standard InChI is InChI=1S/C14H23N3O/c1-3-8-15-13-6-5-7-14(16-13)17-9-10-18-11-12(17)4-2/h5-7,12H,3-4,8-11H2,1-2H3,(H,15,16). The van der Waals surface area contributed by atoms with Gasteiger partial charge in [0.25, 0.3) is 0 Å². The molecule has 4 nitrogen and oxygen atoms in total. The number of aromatic nitrogens is 1. The maximum absolute atomic E-state index is 5.53. The van der Waals surface area contributed by atoms with Crippen molar-refractivity contribution >= 4 is 11.6 Å². The molecule has 2 rings (SSSR count). The van der Waals surface area contributed by atoms with Crippen molar-refractivity contribution in [2.45, 2.75) is 32.7 Å². The van der Waals surface area contributed by atoms with Gasteiger partial charge in [-0.05, 0) is 25.0 Å². The molecule has 0 radical (unpaired) electrons. The summed E-state index contributed by atoms with van der Waals surface area (Å²) in [5.41, 5.74) is 0. The second kappa shape index (κ2) is 6.59. The minimum absolute atomic E-state index is 0.452. The Morgan fingerprint density at radius 3 is 3.11 bits per heavy atom. The number of pyridine rings is 1. The second-order valence-electron chi connectivity index (χ2n) is 4.64. The summed E-state index contributed by atoms with van der Waals surface area (Å²) in [5, 5.41) is 3.34. The van der Waals surface area contributed by atoms with Gasteiger partial charge in [-0.25, -0.2) is 4.98 Å². The van der Waals surface area contributed by atoms with E-state index in [1.54, 1.807) is 0 Å². The van der Waals surface area contributed by atoms with Crippen LogP contribution in [0.4, 0.5) is 11.6 Å². The number of hydrogen-bond acceptors (Lipinski definition) is 4. The Hall–Kier alpha value is -1.29. The van der Waals surface area contributed by atoms with Crippen LogP contribution >= 0.6 is 0 Å². The zero-order valence-corrected chi connectivity index (χ0v) is 11.4. The van der Waals surface area contributed by atoms with Crippen molar-refractivity contribution in [3.8, 4) is 0 Å². The van der Waals surface area contributed by atoms with Gasteiger partial charge in [0.2, 0.25) is 0 Å². The summed E-state index contributed by atoms with van der Waals surface area (Å²) in [5.74, 6) is 2.03. The highest BCUT2D eigenvalue weighted by Crippen LogP contribution is 2.20. The largest absolute Gasteiger partial charge is 0.377 e. The number of morpholine rings is 1. The Labute approximate surface area is 109 Å². The van der Waals surface area contributed by atoms with Gasteiger partial charge in [-0.3, -0.25) is 0 Å². The molecule has 0 saturated carbocycles. The quantitative estimate of drug-likeness (QED) is 0.870. The minimum atomic E-state index is 0.452. The highest BCUT2D eigenvalue weighted by Gasteiger charge is 2.22. The third kappa shape index (κ3) is 3.13. The summed E-state index contributed by atoms with van der Waals surface area (Å²) in [6.45, 7) is 7.87. The van der Waals surface area contributed by atoms with Crippen molar-refractivity contribution in [3.05, 3.63) is 18.2 Å². The molecule has 1 fully saturated rings. The highest BCUT2D eigenvalue weighted by molar-refractivity contribution is 5.48. The molecular formula is C14H23N3O. The van der Waals surface area contributed by atoms with Crippen molar-refractivity contribution in [2.24, 2.45) is 0 Å². The van der Waals surface area contributed by atoms with Crippen LogP contribution in [-0.2, 0) is 4.74 Å². The van der Waals surface area contributed by atoms with Gasteiger partial charge in [0.05, 0.1) is 19.3 Å². The molecule has 0 amide bonds. The fourth-order valence-corrected chi connectivity index (χ4v) is 2.23. The van der Waals surface area contributed by atoms with Crippen molar-refractivity contribution in [2.75, 3.05) is 36.5 Å². The van der Waals surface area contributed by atoms with Crippen LogP contribution in [0, 0.1) is 0 Å². The number of hydrogen-bond donors (Lipinski definition) is 1. The molecular weight excluding hydrogens is 226 g/mol. The van der Waals surface area contributed by atoms with E-state index in [1.165, 1.54) is 0 Å². The topological polar surface area (TPSA) is 37.4 Å². The van der Waals surface area contributed by atoms with E-state index >= 15 is 0 Å². The molecule has 0 bridgehead atoms. The molecule has 0 aliphatic carbocycles. The van der Waals surface area contributed by atoms with Crippen LogP contribution in [0.15, 0.2) is 18.2 Å². The molecule has 1 aromatic heterocycles. The number of anilines is 2. The van der Waals surface area contributed by atoms with Crippen molar-refractivity contribution < 1.29 is 4.74 Å². The molecule has 2 heterocycles. The van der Waals surface area contributed by atoms with Gasteiger partial charge in [0.1, 0.15) is 11.6 Å². The zero-order chi connectivity index (χ0) is 12.8. The van der Waals surface area contributed by atoms with Gasteiger partial charge in [0.15, 0.2) is 0 Å². The monoisotopic (exact) mass is 249 g/mol. The van der Waals surface area contributed by atoms with E-state index in [-0.39, 0.29) is 0 Å². The predicted molar refractivity (Wildman–Crippen MR) is 75.3 cm³/mol. The lowest BCUT2D eigenvalue weighted by Crippen LogP contribution is -2.45. The van der Waals surface area contributed by atoms with Crippen molar-refractivity contribution in [1.29, 1.82) is 0 Å². The molecule has 100 valence electrons. The Bertz CT molecular complexity index is 370. The van der Waals surface area contributed by atoms with E-state index in [0.29, 0.717) is 6.04 Å². The summed E-state index contributed by atoms with van der Waals surface area (Å²) < 4.78 is 5.53. The lowest BCUT2D eigenvalue weighted by molar-refractivity contribution is 0.0926. The molecule has 18 heavy (non-hydrogen) atoms. The normalized spacial score (nSPS) is 19.9. The Balaban J connectivity index is 2.10. The fourth-order valence-electron chi connectivity index (χ4n) is 2.23. The molecule has 4 heteroatoms. The van der Waals surface area contributed by atoms with Gasteiger partial charge >= 0.3 is 0 Å². The van der Waals surface area contributed by atoms with Crippen LogP contribution in [0.5, 0.6) is 0 Å². The van der Waals surface area contributed by atoms with E-state index in [4.69, 9.17) is 9.72 Å². The molecule has 0 spiro atoms. The molecule has 1 N–H and O–H groups in total. The van der Waals surface area contributed by atoms with E-state index < -0.39 is 0 Å². The lowest BCUT2D eigenvalue weighted by Gasteiger charge is -2.36. The smallest absolute Gasteiger partial charge is 0.131 e. The number of nitrogens with one attached hydrogen (secondary N) is 1. The van der Waals surface area contributed by atoms with Gasteiger partial charge < -0.3 is 15.0 Å². The molecule has 1 unspecified atom stereocenters. The number of rotatable bonds is 5. The lowest BCUT2D eigenvalue weighted by atomic mass is 10.2. The third-order valence-electron chi connectivity index (χ3n) is 3.28. The highest BCUT2D eigenvalue weighted by atomic mass is 16.5. The Kier molecular flexibility index (Phi) is 4.81. The first-order chi connectivity index (χ1) is 8.85. The Morgan fingerprint density at radius 1 is 1.44 bits per heavy atom. The maximum atomic E-state index is 5.53. The predicted octanol–water partition coefficient (Wildman–Crippen LogP) is 2.52. The van der Waals surface area contributed by atoms with Crippen LogP contribution < -0.4 is 10.2 Å². The molecule has 1 saturated heterocycles. The summed E-state index contributed by atoms with van der Waals surface area (Å²) in [4.78, 5) is 7.05. The van der Waals surface area contributed by atoms with Crippen molar-refractivity contribution in [3.63, 3.8) is 0 Å². The van der Waals surface area contributed by atoms with Gasteiger partial charge in [-0.2, -0.15) is 0 Å². The zero-order valence-electron chi connectivity index (χ0n) is 11.4. The summed E-state index contributed by atoms with van der Waals surface area (Å²) >= 11 is 0. The maximum Gasteiger partial charge on any atom is 0.131 e. The molecule has 1 aromatic rings. The minimum Gasteiger partial charge on any atom is -0.377 e. The molecule has 0 aromatic carbocycles. The van der Waals surface area contributed by atoms with Crippen LogP contribution in [0.3, 0.4) is 0 Å². The summed E-state index contributed by atoms with van der Waals surface area (Å²) in [6.07, 6.45) is 2.20. The van der Waals surface area contributed by atoms with Crippen molar-refractivity contribution in [1.82, 2.24) is 4.98 Å². The first-order valence-electron chi connectivity index (χ1n) is 6.90. The average Bonchev–Trinajstić information content (AvgIpc) is 2.45. The van der Waals surface area contributed by atoms with Gasteiger partial charge in [-0.1, -0.05) is 19.9 Å². The van der Waals surface area contributed by atoms with E-state index in [2.05, 4.69) is 36.2 Å². The van der Waals surface area contributed by atoms with E-state index in [0.717, 1.165) is 50.8 Å². The van der Waals surface area contributed by atoms with E-state index in [1.807, 2.05) is 6.07 Å². The van der Waals surface area contributed by atoms with Gasteiger partial charge in [0, 0.05) is 13.1 Å². The first-order valence-corrected chi connectivity index (χ1v) is 6.90. The molecule has 1 aliphatic rings. The van der Waals surface area contributed by atoms with Crippen LogP contribution in [-0.4, -0.2) is 37.3 Å². The second-order valence-corrected chi connectivity index (χ2v) is 4.64. The average molecular weight is 249 g/mol. The fraction of sp³-hybridized carbons (Fsp3) is 0.643. The van der Waals surface area contributed by atoms with Crippen LogP contribution in [0.2, 0.25) is 0 Å². The SMILES string of the molecule is CCCNc1cccc(N2CCOCC2CC)n1. The van der Waals surface area contributed by atoms with E-state index in [9.17, 15) is 0 Å². The molecule has 1 aliphatic heterocycles. The number of nitrogens with zero attached hydrogens (tertiary/aromatic N) is 2. The van der Waals surface area contributed by atoms with Crippen LogP contribution in [0.1, 0.15) is 26.7 Å². The van der Waals surface area contributed by atoms with Gasteiger partial charge in [-0.15, -0.1) is 0 Å². The number of ether oxygens (including phenoxy) is 1.